The Kier molecular flexibility index (Phi) is 4.37. The predicted octanol–water partition coefficient (Wildman–Crippen LogP) is 2.32. The first kappa shape index (κ1) is 16.6. The maximum absolute atomic E-state index is 11.9. The molecule has 22 heavy (non-hydrogen) atoms. The van der Waals surface area contributed by atoms with Gasteiger partial charge in [-0.05, 0) is 51.3 Å². The van der Waals surface area contributed by atoms with Gasteiger partial charge < -0.3 is 10.6 Å². The maximum Gasteiger partial charge on any atom is 0.319 e. The lowest BCUT2D eigenvalue weighted by molar-refractivity contribution is 0.244. The van der Waals surface area contributed by atoms with Gasteiger partial charge in [0.05, 0.1) is 11.9 Å². The SMILES string of the molecule is CC(C)(C)NC(=O)Nc1ccc2c(c1)N(S(C)(=O)=O)CCC2. The minimum atomic E-state index is -3.31. The van der Waals surface area contributed by atoms with Gasteiger partial charge >= 0.3 is 6.03 Å². The van der Waals surface area contributed by atoms with Gasteiger partial charge in [-0.25, -0.2) is 13.2 Å². The van der Waals surface area contributed by atoms with E-state index in [9.17, 15) is 13.2 Å². The third kappa shape index (κ3) is 4.13. The van der Waals surface area contributed by atoms with Crippen LogP contribution in [0.3, 0.4) is 0 Å². The Hall–Kier alpha value is -1.76. The van der Waals surface area contributed by atoms with E-state index in [0.29, 0.717) is 17.9 Å². The standard InChI is InChI=1S/C15H23N3O3S/c1-15(2,3)17-14(19)16-12-8-7-11-6-5-9-18(13(11)10-12)22(4,20)21/h7-8,10H,5-6,9H2,1-4H3,(H2,16,17,19). The lowest BCUT2D eigenvalue weighted by Crippen LogP contribution is -2.43. The molecule has 6 nitrogen and oxygen atoms in total. The number of hydrogen-bond donors (Lipinski definition) is 2. The average molecular weight is 325 g/mol. The summed E-state index contributed by atoms with van der Waals surface area (Å²) in [5.74, 6) is 0. The average Bonchev–Trinajstić information content (AvgIpc) is 2.34. The van der Waals surface area contributed by atoms with Gasteiger partial charge in [0.25, 0.3) is 0 Å². The molecule has 2 amide bonds. The highest BCUT2D eigenvalue weighted by Crippen LogP contribution is 2.31. The van der Waals surface area contributed by atoms with Crippen LogP contribution in [-0.4, -0.2) is 32.8 Å². The Morgan fingerprint density at radius 3 is 2.55 bits per heavy atom. The van der Waals surface area contributed by atoms with Crippen LogP contribution >= 0.6 is 0 Å². The number of benzene rings is 1. The zero-order valence-corrected chi connectivity index (χ0v) is 14.3. The molecular weight excluding hydrogens is 302 g/mol. The van der Waals surface area contributed by atoms with Crippen molar-refractivity contribution < 1.29 is 13.2 Å². The highest BCUT2D eigenvalue weighted by molar-refractivity contribution is 7.92. The fraction of sp³-hybridized carbons (Fsp3) is 0.533. The van der Waals surface area contributed by atoms with Crippen molar-refractivity contribution >= 4 is 27.4 Å². The highest BCUT2D eigenvalue weighted by atomic mass is 32.2. The Bertz CT molecular complexity index is 678. The molecular formula is C15H23N3O3S. The monoisotopic (exact) mass is 325 g/mol. The minimum Gasteiger partial charge on any atom is -0.333 e. The lowest BCUT2D eigenvalue weighted by atomic mass is 10.0. The number of anilines is 2. The second-order valence-electron chi connectivity index (χ2n) is 6.61. The molecule has 0 radical (unpaired) electrons. The Labute approximate surface area is 131 Å². The summed E-state index contributed by atoms with van der Waals surface area (Å²) in [6, 6.07) is 5.08. The van der Waals surface area contributed by atoms with Gasteiger partial charge in [-0.2, -0.15) is 0 Å². The van der Waals surface area contributed by atoms with Crippen LogP contribution in [0.4, 0.5) is 16.2 Å². The number of hydrogen-bond acceptors (Lipinski definition) is 3. The molecule has 2 N–H and O–H groups in total. The van der Waals surface area contributed by atoms with E-state index in [1.54, 1.807) is 12.1 Å². The fourth-order valence-corrected chi connectivity index (χ4v) is 3.45. The maximum atomic E-state index is 11.9. The van der Waals surface area contributed by atoms with E-state index in [1.807, 2.05) is 26.8 Å². The first-order valence-electron chi connectivity index (χ1n) is 7.26. The molecule has 1 heterocycles. The molecule has 1 aromatic carbocycles. The summed E-state index contributed by atoms with van der Waals surface area (Å²) in [6.07, 6.45) is 2.85. The fourth-order valence-electron chi connectivity index (χ4n) is 2.47. The molecule has 122 valence electrons. The van der Waals surface area contributed by atoms with Crippen molar-refractivity contribution in [3.05, 3.63) is 23.8 Å². The van der Waals surface area contributed by atoms with Crippen LogP contribution in [0.25, 0.3) is 0 Å². The second kappa shape index (κ2) is 5.79. The van der Waals surface area contributed by atoms with Crippen LogP contribution in [0.1, 0.15) is 32.8 Å². The number of carbonyl (C=O) groups is 1. The topological polar surface area (TPSA) is 78.5 Å². The number of nitrogens with zero attached hydrogens (tertiary/aromatic N) is 1. The van der Waals surface area contributed by atoms with Crippen LogP contribution in [0.2, 0.25) is 0 Å². The second-order valence-corrected chi connectivity index (χ2v) is 8.52. The first-order valence-corrected chi connectivity index (χ1v) is 9.11. The molecule has 0 atom stereocenters. The zero-order valence-electron chi connectivity index (χ0n) is 13.4. The molecule has 0 unspecified atom stereocenters. The largest absolute Gasteiger partial charge is 0.333 e. The Morgan fingerprint density at radius 1 is 1.27 bits per heavy atom. The van der Waals surface area contributed by atoms with Gasteiger partial charge in [-0.1, -0.05) is 6.07 Å². The highest BCUT2D eigenvalue weighted by Gasteiger charge is 2.24. The smallest absolute Gasteiger partial charge is 0.319 e. The van der Waals surface area contributed by atoms with Crippen LogP contribution < -0.4 is 14.9 Å². The van der Waals surface area contributed by atoms with Crippen molar-refractivity contribution in [2.75, 3.05) is 22.4 Å². The molecule has 1 aromatic rings. The van der Waals surface area contributed by atoms with Gasteiger partial charge in [-0.15, -0.1) is 0 Å². The molecule has 1 aliphatic heterocycles. The summed E-state index contributed by atoms with van der Waals surface area (Å²) >= 11 is 0. The third-order valence-corrected chi connectivity index (χ3v) is 4.49. The van der Waals surface area contributed by atoms with Gasteiger partial charge in [0, 0.05) is 17.8 Å². The van der Waals surface area contributed by atoms with E-state index < -0.39 is 10.0 Å². The number of carbonyl (C=O) groups excluding carboxylic acids is 1. The van der Waals surface area contributed by atoms with Crippen molar-refractivity contribution in [1.82, 2.24) is 5.32 Å². The molecule has 0 aromatic heterocycles. The molecule has 7 heteroatoms. The summed E-state index contributed by atoms with van der Waals surface area (Å²) in [5.41, 5.74) is 1.88. The van der Waals surface area contributed by atoms with Crippen LogP contribution in [0, 0.1) is 0 Å². The molecule has 0 bridgehead atoms. The van der Waals surface area contributed by atoms with Gasteiger partial charge in [-0.3, -0.25) is 4.31 Å². The van der Waals surface area contributed by atoms with E-state index >= 15 is 0 Å². The first-order chi connectivity index (χ1) is 10.1. The van der Waals surface area contributed by atoms with Crippen LogP contribution in [-0.2, 0) is 16.4 Å². The van der Waals surface area contributed by atoms with E-state index in [2.05, 4.69) is 10.6 Å². The summed E-state index contributed by atoms with van der Waals surface area (Å²) in [6.45, 7) is 6.16. The Balaban J connectivity index is 2.25. The number of urea groups is 1. The summed E-state index contributed by atoms with van der Waals surface area (Å²) in [4.78, 5) is 11.9. The summed E-state index contributed by atoms with van der Waals surface area (Å²) in [7, 11) is -3.31. The number of rotatable bonds is 2. The normalized spacial score (nSPS) is 15.2. The predicted molar refractivity (Wildman–Crippen MR) is 88.9 cm³/mol. The van der Waals surface area contributed by atoms with Crippen LogP contribution in [0.15, 0.2) is 18.2 Å². The summed E-state index contributed by atoms with van der Waals surface area (Å²) in [5, 5.41) is 5.56. The molecule has 1 aliphatic rings. The van der Waals surface area contributed by atoms with E-state index in [0.717, 1.165) is 18.4 Å². The van der Waals surface area contributed by atoms with Crippen molar-refractivity contribution in [3.63, 3.8) is 0 Å². The quantitative estimate of drug-likeness (QED) is 0.876. The van der Waals surface area contributed by atoms with Gasteiger partial charge in [0.2, 0.25) is 10.0 Å². The number of fused-ring (bicyclic) bond motifs is 1. The van der Waals surface area contributed by atoms with E-state index in [4.69, 9.17) is 0 Å². The minimum absolute atomic E-state index is 0.311. The molecule has 0 fully saturated rings. The van der Waals surface area contributed by atoms with Crippen molar-refractivity contribution in [2.24, 2.45) is 0 Å². The van der Waals surface area contributed by atoms with E-state index in [-0.39, 0.29) is 11.6 Å². The third-order valence-electron chi connectivity index (χ3n) is 3.31. The Morgan fingerprint density at radius 2 is 1.95 bits per heavy atom. The number of amides is 2. The zero-order chi connectivity index (χ0) is 16.5. The number of nitrogens with one attached hydrogen (secondary N) is 2. The van der Waals surface area contributed by atoms with Gasteiger partial charge in [0.15, 0.2) is 0 Å². The molecule has 0 saturated heterocycles. The molecule has 2 rings (SSSR count). The van der Waals surface area contributed by atoms with Crippen molar-refractivity contribution in [3.8, 4) is 0 Å². The van der Waals surface area contributed by atoms with Crippen molar-refractivity contribution in [2.45, 2.75) is 39.2 Å². The lowest BCUT2D eigenvalue weighted by Gasteiger charge is -2.29. The van der Waals surface area contributed by atoms with E-state index in [1.165, 1.54) is 10.6 Å². The summed E-state index contributed by atoms with van der Waals surface area (Å²) < 4.78 is 25.2. The number of sulfonamides is 1. The molecule has 0 aliphatic carbocycles. The van der Waals surface area contributed by atoms with Crippen LogP contribution in [0.5, 0.6) is 0 Å². The van der Waals surface area contributed by atoms with Crippen molar-refractivity contribution in [1.29, 1.82) is 0 Å². The molecule has 0 spiro atoms. The van der Waals surface area contributed by atoms with Gasteiger partial charge in [0.1, 0.15) is 0 Å². The number of aryl methyl sites for hydroxylation is 1. The molecule has 0 saturated carbocycles.